The van der Waals surface area contributed by atoms with Crippen molar-refractivity contribution in [1.82, 2.24) is 20.2 Å². The molecular weight excluding hydrogens is 230 g/mol. The molecule has 16 heavy (non-hydrogen) atoms. The summed E-state index contributed by atoms with van der Waals surface area (Å²) in [7, 11) is 0. The van der Waals surface area contributed by atoms with E-state index in [1.54, 1.807) is 11.5 Å². The van der Waals surface area contributed by atoms with Crippen LogP contribution in [0.5, 0.6) is 0 Å². The lowest BCUT2D eigenvalue weighted by Gasteiger charge is -2.08. The van der Waals surface area contributed by atoms with E-state index in [4.69, 9.17) is 5.84 Å². The van der Waals surface area contributed by atoms with Crippen LogP contribution in [0, 0.1) is 0 Å². The summed E-state index contributed by atoms with van der Waals surface area (Å²) in [5.74, 6) is 4.74. The normalized spacial score (nSPS) is 17.1. The van der Waals surface area contributed by atoms with Crippen molar-refractivity contribution < 1.29 is 4.79 Å². The average Bonchev–Trinajstić information content (AvgIpc) is 3.04. The highest BCUT2D eigenvalue weighted by Crippen LogP contribution is 2.36. The van der Waals surface area contributed by atoms with Crippen LogP contribution >= 0.6 is 11.8 Å². The number of carbonyl (C=O) groups excluding carboxylic acids is 1. The summed E-state index contributed by atoms with van der Waals surface area (Å²) >= 11 is 1.22. The maximum atomic E-state index is 11.4. The van der Waals surface area contributed by atoms with E-state index >= 15 is 0 Å². The quantitative estimate of drug-likeness (QED) is 0.283. The SMILES string of the molecule is CC(Sc1n[nH]c(=O)n1C1CC1)C(=O)NN. The molecule has 1 heterocycles. The van der Waals surface area contributed by atoms with Gasteiger partial charge in [-0.25, -0.2) is 15.7 Å². The summed E-state index contributed by atoms with van der Waals surface area (Å²) < 4.78 is 1.60. The van der Waals surface area contributed by atoms with Gasteiger partial charge in [0.1, 0.15) is 0 Å². The minimum Gasteiger partial charge on any atom is -0.293 e. The van der Waals surface area contributed by atoms with Gasteiger partial charge < -0.3 is 0 Å². The highest BCUT2D eigenvalue weighted by molar-refractivity contribution is 8.00. The minimum atomic E-state index is -0.377. The summed E-state index contributed by atoms with van der Waals surface area (Å²) in [6.07, 6.45) is 1.98. The summed E-state index contributed by atoms with van der Waals surface area (Å²) in [4.78, 5) is 22.7. The van der Waals surface area contributed by atoms with Crippen molar-refractivity contribution in [2.45, 2.75) is 36.2 Å². The van der Waals surface area contributed by atoms with E-state index in [0.29, 0.717) is 5.16 Å². The molecule has 1 amide bonds. The molecule has 1 aliphatic rings. The Bertz CT molecular complexity index is 450. The number of nitrogens with one attached hydrogen (secondary N) is 2. The monoisotopic (exact) mass is 243 g/mol. The lowest BCUT2D eigenvalue weighted by atomic mass is 10.5. The van der Waals surface area contributed by atoms with Crippen LogP contribution in [0.15, 0.2) is 9.95 Å². The first kappa shape index (κ1) is 11.2. The molecule has 1 unspecified atom stereocenters. The number of hydrogen-bond donors (Lipinski definition) is 3. The molecule has 88 valence electrons. The van der Waals surface area contributed by atoms with E-state index in [2.05, 4.69) is 15.6 Å². The van der Waals surface area contributed by atoms with Crippen molar-refractivity contribution in [3.63, 3.8) is 0 Å². The second-order valence-corrected chi connectivity index (χ2v) is 4.99. The van der Waals surface area contributed by atoms with Crippen LogP contribution in [-0.2, 0) is 4.79 Å². The number of carbonyl (C=O) groups is 1. The predicted octanol–water partition coefficient (Wildman–Crippen LogP) is -0.623. The molecule has 1 aromatic heterocycles. The number of thioether (sulfide) groups is 1. The van der Waals surface area contributed by atoms with Crippen molar-refractivity contribution in [2.75, 3.05) is 0 Å². The van der Waals surface area contributed by atoms with Gasteiger partial charge >= 0.3 is 5.69 Å². The number of aromatic amines is 1. The van der Waals surface area contributed by atoms with Crippen molar-refractivity contribution in [2.24, 2.45) is 5.84 Å². The molecule has 0 aliphatic heterocycles. The number of hydrogen-bond acceptors (Lipinski definition) is 5. The highest BCUT2D eigenvalue weighted by atomic mass is 32.2. The standard InChI is InChI=1S/C8H13N5O2S/c1-4(6(14)10-9)16-8-12-11-7(15)13(8)5-2-3-5/h4-5H,2-3,9H2,1H3,(H,10,14)(H,11,15). The molecule has 1 saturated carbocycles. The van der Waals surface area contributed by atoms with Crippen LogP contribution in [0.2, 0.25) is 0 Å². The Hall–Kier alpha value is -1.28. The van der Waals surface area contributed by atoms with Crippen LogP contribution in [0.25, 0.3) is 0 Å². The van der Waals surface area contributed by atoms with Crippen LogP contribution in [-0.4, -0.2) is 25.9 Å². The summed E-state index contributed by atoms with van der Waals surface area (Å²) in [5.41, 5.74) is 1.85. The smallest absolute Gasteiger partial charge is 0.293 e. The van der Waals surface area contributed by atoms with E-state index in [1.807, 2.05) is 0 Å². The largest absolute Gasteiger partial charge is 0.344 e. The topological polar surface area (TPSA) is 106 Å². The van der Waals surface area contributed by atoms with Crippen molar-refractivity contribution in [1.29, 1.82) is 0 Å². The molecule has 0 saturated heterocycles. The number of hydrazine groups is 1. The molecule has 7 nitrogen and oxygen atoms in total. The number of H-pyrrole nitrogens is 1. The molecule has 0 bridgehead atoms. The lowest BCUT2D eigenvalue weighted by molar-refractivity contribution is -0.120. The number of aromatic nitrogens is 3. The molecule has 1 fully saturated rings. The molecule has 0 radical (unpaired) electrons. The van der Waals surface area contributed by atoms with Gasteiger partial charge in [0.25, 0.3) is 0 Å². The van der Waals surface area contributed by atoms with Crippen LogP contribution in [0.3, 0.4) is 0 Å². The predicted molar refractivity (Wildman–Crippen MR) is 58.8 cm³/mol. The molecule has 1 aromatic rings. The molecule has 8 heteroatoms. The third-order valence-electron chi connectivity index (χ3n) is 2.38. The third kappa shape index (κ3) is 2.12. The Balaban J connectivity index is 2.15. The second kappa shape index (κ2) is 4.30. The molecule has 0 spiro atoms. The lowest BCUT2D eigenvalue weighted by Crippen LogP contribution is -2.36. The Morgan fingerprint density at radius 2 is 2.44 bits per heavy atom. The Morgan fingerprint density at radius 1 is 1.75 bits per heavy atom. The van der Waals surface area contributed by atoms with E-state index in [1.165, 1.54) is 11.8 Å². The van der Waals surface area contributed by atoms with Gasteiger partial charge in [0.05, 0.1) is 5.25 Å². The third-order valence-corrected chi connectivity index (χ3v) is 3.44. The maximum Gasteiger partial charge on any atom is 0.344 e. The van der Waals surface area contributed by atoms with E-state index in [0.717, 1.165) is 12.8 Å². The zero-order chi connectivity index (χ0) is 11.7. The number of nitrogens with zero attached hydrogens (tertiary/aromatic N) is 2. The number of rotatable bonds is 4. The fraction of sp³-hybridized carbons (Fsp3) is 0.625. The van der Waals surface area contributed by atoms with Gasteiger partial charge in [-0.3, -0.25) is 14.8 Å². The Morgan fingerprint density at radius 3 is 3.00 bits per heavy atom. The van der Waals surface area contributed by atoms with Crippen LogP contribution in [0.4, 0.5) is 0 Å². The van der Waals surface area contributed by atoms with Gasteiger partial charge in [0, 0.05) is 6.04 Å². The van der Waals surface area contributed by atoms with Gasteiger partial charge in [-0.1, -0.05) is 11.8 Å². The van der Waals surface area contributed by atoms with E-state index < -0.39 is 0 Å². The second-order valence-electron chi connectivity index (χ2n) is 3.68. The maximum absolute atomic E-state index is 11.4. The Labute approximate surface area is 95.7 Å². The Kier molecular flexibility index (Phi) is 3.01. The first-order chi connectivity index (χ1) is 7.63. The van der Waals surface area contributed by atoms with Gasteiger partial charge in [0.2, 0.25) is 5.91 Å². The highest BCUT2D eigenvalue weighted by Gasteiger charge is 2.29. The zero-order valence-corrected chi connectivity index (χ0v) is 9.58. The molecule has 1 aliphatic carbocycles. The number of nitrogens with two attached hydrogens (primary N) is 1. The minimum absolute atomic E-state index is 0.217. The zero-order valence-electron chi connectivity index (χ0n) is 8.77. The fourth-order valence-electron chi connectivity index (χ4n) is 1.36. The summed E-state index contributed by atoms with van der Waals surface area (Å²) in [6.45, 7) is 1.71. The van der Waals surface area contributed by atoms with Crippen molar-refractivity contribution >= 4 is 17.7 Å². The number of amides is 1. The van der Waals surface area contributed by atoms with Crippen LogP contribution < -0.4 is 17.0 Å². The van der Waals surface area contributed by atoms with Gasteiger partial charge in [-0.05, 0) is 19.8 Å². The van der Waals surface area contributed by atoms with E-state index in [9.17, 15) is 9.59 Å². The molecule has 0 aromatic carbocycles. The van der Waals surface area contributed by atoms with E-state index in [-0.39, 0.29) is 22.9 Å². The first-order valence-corrected chi connectivity index (χ1v) is 5.85. The molecular formula is C8H13N5O2S. The summed E-state index contributed by atoms with van der Waals surface area (Å²) in [6, 6.07) is 0.238. The van der Waals surface area contributed by atoms with Crippen molar-refractivity contribution in [3.05, 3.63) is 10.5 Å². The molecule has 4 N–H and O–H groups in total. The fourth-order valence-corrected chi connectivity index (χ4v) is 2.29. The summed E-state index contributed by atoms with van der Waals surface area (Å²) in [5, 5.41) is 6.46. The van der Waals surface area contributed by atoms with Crippen LogP contribution in [0.1, 0.15) is 25.8 Å². The van der Waals surface area contributed by atoms with Gasteiger partial charge in [-0.2, -0.15) is 0 Å². The molecule has 1 atom stereocenters. The van der Waals surface area contributed by atoms with Gasteiger partial charge in [-0.15, -0.1) is 5.10 Å². The first-order valence-electron chi connectivity index (χ1n) is 4.97. The van der Waals surface area contributed by atoms with Gasteiger partial charge in [0.15, 0.2) is 5.16 Å². The average molecular weight is 243 g/mol. The van der Waals surface area contributed by atoms with Crippen molar-refractivity contribution in [3.8, 4) is 0 Å². The molecule has 2 rings (SSSR count).